The van der Waals surface area contributed by atoms with Gasteiger partial charge in [-0.25, -0.2) is 9.67 Å². The normalized spacial score (nSPS) is 10.6. The molecule has 4 rings (SSSR count). The summed E-state index contributed by atoms with van der Waals surface area (Å²) in [5.41, 5.74) is 2.20. The van der Waals surface area contributed by atoms with Gasteiger partial charge in [0.1, 0.15) is 18.1 Å². The molecule has 0 aliphatic carbocycles. The molecular weight excluding hydrogens is 384 g/mol. The third-order valence-electron chi connectivity index (χ3n) is 4.47. The molecule has 0 spiro atoms. The van der Waals surface area contributed by atoms with Gasteiger partial charge in [-0.1, -0.05) is 30.3 Å². The molecule has 0 aliphatic heterocycles. The second kappa shape index (κ2) is 8.44. The Bertz CT molecular complexity index is 1170. The lowest BCUT2D eigenvalue weighted by Crippen LogP contribution is -2.03. The number of pyridine rings is 1. The molecule has 2 aromatic carbocycles. The van der Waals surface area contributed by atoms with Crippen molar-refractivity contribution in [1.29, 1.82) is 0 Å². The van der Waals surface area contributed by atoms with E-state index in [1.165, 1.54) is 23.0 Å². The third kappa shape index (κ3) is 3.97. The zero-order chi connectivity index (χ0) is 20.9. The van der Waals surface area contributed by atoms with Gasteiger partial charge in [-0.15, -0.1) is 0 Å². The highest BCUT2D eigenvalue weighted by molar-refractivity contribution is 5.69. The van der Waals surface area contributed by atoms with Crippen molar-refractivity contribution < 1.29 is 14.4 Å². The van der Waals surface area contributed by atoms with Crippen molar-refractivity contribution >= 4 is 5.69 Å². The van der Waals surface area contributed by atoms with E-state index in [2.05, 4.69) is 10.1 Å². The Hall–Kier alpha value is -4.20. The van der Waals surface area contributed by atoms with Crippen LogP contribution in [-0.4, -0.2) is 26.8 Å². The fourth-order valence-corrected chi connectivity index (χ4v) is 2.99. The molecule has 30 heavy (non-hydrogen) atoms. The van der Waals surface area contributed by atoms with Crippen LogP contribution >= 0.6 is 0 Å². The predicted molar refractivity (Wildman–Crippen MR) is 111 cm³/mol. The largest absolute Gasteiger partial charge is 0.497 e. The average Bonchev–Trinajstić information content (AvgIpc) is 3.28. The summed E-state index contributed by atoms with van der Waals surface area (Å²) in [5.74, 6) is 1.42. The lowest BCUT2D eigenvalue weighted by atomic mass is 10.1. The second-order valence-corrected chi connectivity index (χ2v) is 6.39. The summed E-state index contributed by atoms with van der Waals surface area (Å²) in [6.07, 6.45) is 3.12. The summed E-state index contributed by atoms with van der Waals surface area (Å²) in [6, 6.07) is 19.9. The lowest BCUT2D eigenvalue weighted by molar-refractivity contribution is -0.384. The highest BCUT2D eigenvalue weighted by Gasteiger charge is 2.18. The fraction of sp³-hybridized carbons (Fsp3) is 0.0909. The number of methoxy groups -OCH3 is 1. The molecule has 0 N–H and O–H groups in total. The third-order valence-corrected chi connectivity index (χ3v) is 4.47. The fourth-order valence-electron chi connectivity index (χ4n) is 2.99. The summed E-state index contributed by atoms with van der Waals surface area (Å²) in [6.45, 7) is 0.395. The first-order valence-electron chi connectivity index (χ1n) is 9.16. The van der Waals surface area contributed by atoms with Gasteiger partial charge in [0, 0.05) is 24.0 Å². The van der Waals surface area contributed by atoms with Gasteiger partial charge in [-0.05, 0) is 35.9 Å². The van der Waals surface area contributed by atoms with Gasteiger partial charge < -0.3 is 9.47 Å². The molecular formula is C22H18N4O4. The molecule has 0 amide bonds. The van der Waals surface area contributed by atoms with E-state index >= 15 is 0 Å². The Kier molecular flexibility index (Phi) is 5.38. The van der Waals surface area contributed by atoms with Crippen LogP contribution in [0.15, 0.2) is 79.1 Å². The minimum Gasteiger partial charge on any atom is -0.497 e. The van der Waals surface area contributed by atoms with E-state index in [1.807, 2.05) is 48.5 Å². The molecule has 0 atom stereocenters. The summed E-state index contributed by atoms with van der Waals surface area (Å²) in [7, 11) is 1.58. The first-order chi connectivity index (χ1) is 14.7. The average molecular weight is 402 g/mol. The van der Waals surface area contributed by atoms with E-state index < -0.39 is 4.92 Å². The van der Waals surface area contributed by atoms with Crippen molar-refractivity contribution in [3.63, 3.8) is 0 Å². The van der Waals surface area contributed by atoms with Crippen LogP contribution < -0.4 is 9.47 Å². The maximum Gasteiger partial charge on any atom is 0.313 e. The Balaban J connectivity index is 1.69. The lowest BCUT2D eigenvalue weighted by Gasteiger charge is -2.12. The van der Waals surface area contributed by atoms with Crippen LogP contribution in [0.1, 0.15) is 5.56 Å². The molecule has 0 saturated carbocycles. The summed E-state index contributed by atoms with van der Waals surface area (Å²) < 4.78 is 12.8. The van der Waals surface area contributed by atoms with Crippen molar-refractivity contribution in [1.82, 2.24) is 14.8 Å². The zero-order valence-corrected chi connectivity index (χ0v) is 16.1. The van der Waals surface area contributed by atoms with E-state index in [0.29, 0.717) is 29.4 Å². The van der Waals surface area contributed by atoms with Gasteiger partial charge in [0.25, 0.3) is 0 Å². The van der Waals surface area contributed by atoms with Crippen LogP contribution in [0, 0.1) is 10.1 Å². The minimum atomic E-state index is -0.483. The van der Waals surface area contributed by atoms with Crippen molar-refractivity contribution in [2.75, 3.05) is 7.11 Å². The molecule has 4 aromatic rings. The first-order valence-corrected chi connectivity index (χ1v) is 9.16. The van der Waals surface area contributed by atoms with Crippen LogP contribution in [0.2, 0.25) is 0 Å². The molecule has 8 nitrogen and oxygen atoms in total. The van der Waals surface area contributed by atoms with Crippen molar-refractivity contribution in [3.05, 3.63) is 94.8 Å². The minimum absolute atomic E-state index is 0.127. The molecule has 0 aliphatic rings. The van der Waals surface area contributed by atoms with Gasteiger partial charge in [-0.2, -0.15) is 5.10 Å². The van der Waals surface area contributed by atoms with Crippen LogP contribution in [0.25, 0.3) is 17.1 Å². The van der Waals surface area contributed by atoms with E-state index in [-0.39, 0.29) is 11.5 Å². The standard InChI is InChI=1S/C22H18N4O4/c1-29-17-9-10-21(30-15-16-6-3-2-4-7-16)18(14-17)19-11-13-25(24-19)22-20(26(27)28)8-5-12-23-22/h2-14H,15H2,1H3. The van der Waals surface area contributed by atoms with Crippen LogP contribution in [-0.2, 0) is 6.61 Å². The molecule has 150 valence electrons. The number of benzene rings is 2. The van der Waals surface area contributed by atoms with Crippen LogP contribution in [0.5, 0.6) is 11.5 Å². The number of ether oxygens (including phenoxy) is 2. The Morgan fingerprint density at radius 3 is 2.67 bits per heavy atom. The summed E-state index contributed by atoms with van der Waals surface area (Å²) in [4.78, 5) is 14.9. The van der Waals surface area contributed by atoms with Crippen LogP contribution in [0.4, 0.5) is 5.69 Å². The summed E-state index contributed by atoms with van der Waals surface area (Å²) in [5, 5.41) is 15.8. The molecule has 0 bridgehead atoms. The van der Waals surface area contributed by atoms with Crippen molar-refractivity contribution in [2.45, 2.75) is 6.61 Å². The quantitative estimate of drug-likeness (QED) is 0.335. The van der Waals surface area contributed by atoms with E-state index in [0.717, 1.165) is 5.56 Å². The molecule has 8 heteroatoms. The van der Waals surface area contributed by atoms with Crippen molar-refractivity contribution in [3.8, 4) is 28.6 Å². The number of hydrogen-bond donors (Lipinski definition) is 0. The second-order valence-electron chi connectivity index (χ2n) is 6.39. The van der Waals surface area contributed by atoms with Gasteiger partial charge in [0.05, 0.1) is 17.7 Å². The molecule has 0 saturated heterocycles. The topological polar surface area (TPSA) is 92.3 Å². The highest BCUT2D eigenvalue weighted by atomic mass is 16.6. The first kappa shape index (κ1) is 19.1. The smallest absolute Gasteiger partial charge is 0.313 e. The van der Waals surface area contributed by atoms with E-state index in [4.69, 9.17) is 9.47 Å². The maximum atomic E-state index is 11.3. The monoisotopic (exact) mass is 402 g/mol. The molecule has 0 unspecified atom stereocenters. The molecule has 2 heterocycles. The van der Waals surface area contributed by atoms with Gasteiger partial charge in [0.2, 0.25) is 5.82 Å². The molecule has 0 radical (unpaired) electrons. The Labute approximate surface area is 172 Å². The number of nitrogens with zero attached hydrogens (tertiary/aromatic N) is 4. The van der Waals surface area contributed by atoms with Crippen molar-refractivity contribution in [2.24, 2.45) is 0 Å². The van der Waals surface area contributed by atoms with Gasteiger partial charge in [0.15, 0.2) is 0 Å². The highest BCUT2D eigenvalue weighted by Crippen LogP contribution is 2.33. The van der Waals surface area contributed by atoms with Crippen LogP contribution in [0.3, 0.4) is 0 Å². The summed E-state index contributed by atoms with van der Waals surface area (Å²) >= 11 is 0. The van der Waals surface area contributed by atoms with E-state index in [9.17, 15) is 10.1 Å². The number of rotatable bonds is 7. The number of nitro groups is 1. The van der Waals surface area contributed by atoms with E-state index in [1.54, 1.807) is 19.4 Å². The molecule has 2 aromatic heterocycles. The Morgan fingerprint density at radius 1 is 1.07 bits per heavy atom. The predicted octanol–water partition coefficient (Wildman–Crippen LogP) is 4.43. The number of aromatic nitrogens is 3. The maximum absolute atomic E-state index is 11.3. The molecule has 0 fully saturated rings. The SMILES string of the molecule is COc1ccc(OCc2ccccc2)c(-c2ccn(-c3ncccc3[N+](=O)[O-])n2)c1. The number of hydrogen-bond acceptors (Lipinski definition) is 6. The zero-order valence-electron chi connectivity index (χ0n) is 16.1. The van der Waals surface area contributed by atoms with Gasteiger partial charge in [-0.3, -0.25) is 10.1 Å². The van der Waals surface area contributed by atoms with Gasteiger partial charge >= 0.3 is 5.69 Å². The Morgan fingerprint density at radius 2 is 1.90 bits per heavy atom.